The molecule has 4 aromatic rings. The normalized spacial score (nSPS) is 14.8. The average molecular weight is 403 g/mol. The molecule has 0 bridgehead atoms. The van der Waals surface area contributed by atoms with E-state index in [1.54, 1.807) is 10.6 Å². The third-order valence-corrected chi connectivity index (χ3v) is 5.30. The second kappa shape index (κ2) is 7.58. The van der Waals surface area contributed by atoms with Gasteiger partial charge in [-0.15, -0.1) is 15.3 Å². The Morgan fingerprint density at radius 1 is 1.00 bits per heavy atom. The maximum absolute atomic E-state index is 13.0. The molecule has 1 fully saturated rings. The van der Waals surface area contributed by atoms with E-state index in [1.165, 1.54) is 0 Å². The van der Waals surface area contributed by atoms with Gasteiger partial charge in [-0.3, -0.25) is 4.79 Å². The van der Waals surface area contributed by atoms with Gasteiger partial charge in [0.15, 0.2) is 22.9 Å². The van der Waals surface area contributed by atoms with Gasteiger partial charge < -0.3 is 14.3 Å². The topological polar surface area (TPSA) is 92.7 Å². The largest absolute Gasteiger partial charge is 0.355 e. The van der Waals surface area contributed by atoms with E-state index in [9.17, 15) is 4.79 Å². The maximum Gasteiger partial charge on any atom is 0.276 e. The molecule has 0 saturated carbocycles. The Labute approximate surface area is 172 Å². The summed E-state index contributed by atoms with van der Waals surface area (Å²) in [5.41, 5.74) is 1.96. The van der Waals surface area contributed by atoms with Crippen LogP contribution in [0.4, 0.5) is 5.82 Å². The highest BCUT2D eigenvalue weighted by Crippen LogP contribution is 2.21. The van der Waals surface area contributed by atoms with Crippen molar-refractivity contribution >= 4 is 17.4 Å². The fourth-order valence-electron chi connectivity index (χ4n) is 3.68. The van der Waals surface area contributed by atoms with Crippen molar-refractivity contribution in [3.63, 3.8) is 0 Å². The molecule has 30 heavy (non-hydrogen) atoms. The highest BCUT2D eigenvalue weighted by molar-refractivity contribution is 5.93. The number of aromatic nitrogens is 5. The first-order valence-corrected chi connectivity index (χ1v) is 9.94. The Morgan fingerprint density at radius 3 is 2.73 bits per heavy atom. The second-order valence-electron chi connectivity index (χ2n) is 7.28. The summed E-state index contributed by atoms with van der Waals surface area (Å²) in [6, 6.07) is 15.2. The van der Waals surface area contributed by atoms with Crippen molar-refractivity contribution in [2.45, 2.75) is 13.3 Å². The molecule has 4 heterocycles. The van der Waals surface area contributed by atoms with Crippen LogP contribution in [0.3, 0.4) is 0 Å². The quantitative estimate of drug-likeness (QED) is 0.519. The summed E-state index contributed by atoms with van der Waals surface area (Å²) in [7, 11) is 0. The Morgan fingerprint density at radius 2 is 1.87 bits per heavy atom. The van der Waals surface area contributed by atoms with Crippen LogP contribution in [0.25, 0.3) is 17.0 Å². The van der Waals surface area contributed by atoms with Crippen molar-refractivity contribution in [2.75, 3.05) is 31.1 Å². The van der Waals surface area contributed by atoms with Gasteiger partial charge in [0.2, 0.25) is 0 Å². The first-order valence-electron chi connectivity index (χ1n) is 9.94. The zero-order valence-corrected chi connectivity index (χ0v) is 16.6. The molecule has 1 saturated heterocycles. The molecule has 0 unspecified atom stereocenters. The van der Waals surface area contributed by atoms with Crippen molar-refractivity contribution in [1.82, 2.24) is 29.9 Å². The number of hydrogen-bond donors (Lipinski definition) is 0. The van der Waals surface area contributed by atoms with E-state index in [4.69, 9.17) is 4.52 Å². The van der Waals surface area contributed by atoms with E-state index in [1.807, 2.05) is 54.3 Å². The Balaban J connectivity index is 1.30. The van der Waals surface area contributed by atoms with E-state index in [-0.39, 0.29) is 5.91 Å². The summed E-state index contributed by atoms with van der Waals surface area (Å²) in [5, 5.41) is 16.8. The van der Waals surface area contributed by atoms with Crippen LogP contribution in [0.1, 0.15) is 22.7 Å². The zero-order valence-electron chi connectivity index (χ0n) is 16.6. The average Bonchev–Trinajstić information content (AvgIpc) is 3.34. The van der Waals surface area contributed by atoms with Crippen LogP contribution in [-0.4, -0.2) is 62.0 Å². The van der Waals surface area contributed by atoms with Crippen molar-refractivity contribution in [1.29, 1.82) is 0 Å². The zero-order chi connectivity index (χ0) is 20.5. The van der Waals surface area contributed by atoms with Crippen LogP contribution >= 0.6 is 0 Å². The molecule has 0 radical (unpaired) electrons. The van der Waals surface area contributed by atoms with Gasteiger partial charge in [0, 0.05) is 37.8 Å². The minimum atomic E-state index is -0.110. The predicted molar refractivity (Wildman–Crippen MR) is 110 cm³/mol. The summed E-state index contributed by atoms with van der Waals surface area (Å²) in [6.07, 6.45) is 0.843. The van der Waals surface area contributed by atoms with Gasteiger partial charge in [0.05, 0.1) is 0 Å². The van der Waals surface area contributed by atoms with Crippen molar-refractivity contribution in [2.24, 2.45) is 0 Å². The lowest BCUT2D eigenvalue weighted by atomic mass is 10.1. The molecule has 3 aromatic heterocycles. The van der Waals surface area contributed by atoms with Gasteiger partial charge >= 0.3 is 0 Å². The lowest BCUT2D eigenvalue weighted by molar-refractivity contribution is 0.0756. The highest BCUT2D eigenvalue weighted by Gasteiger charge is 2.24. The lowest BCUT2D eigenvalue weighted by Gasteiger charge is -2.22. The number of carbonyl (C=O) groups excluding carboxylic acids is 1. The van der Waals surface area contributed by atoms with E-state index in [0.717, 1.165) is 35.8 Å². The lowest BCUT2D eigenvalue weighted by Crippen LogP contribution is -2.35. The molecule has 152 valence electrons. The standard InChI is InChI=1S/C21H21N7O2/c1-15-22-23-19-8-9-20(24-28(15)19)26-10-5-11-27(13-12-26)21(29)17-14-18(30-25-17)16-6-3-2-4-7-16/h2-4,6-9,14H,5,10-13H2,1H3. The number of anilines is 1. The number of nitrogens with zero attached hydrogens (tertiary/aromatic N) is 7. The second-order valence-corrected chi connectivity index (χ2v) is 7.28. The van der Waals surface area contributed by atoms with E-state index < -0.39 is 0 Å². The number of hydrogen-bond acceptors (Lipinski definition) is 7. The fraction of sp³-hybridized carbons (Fsp3) is 0.286. The predicted octanol–water partition coefficient (Wildman–Crippen LogP) is 2.44. The first kappa shape index (κ1) is 18.3. The summed E-state index contributed by atoms with van der Waals surface area (Å²) in [4.78, 5) is 17.0. The van der Waals surface area contributed by atoms with Crippen LogP contribution < -0.4 is 4.90 Å². The number of fused-ring (bicyclic) bond motifs is 1. The van der Waals surface area contributed by atoms with Crippen molar-refractivity contribution in [3.8, 4) is 11.3 Å². The highest BCUT2D eigenvalue weighted by atomic mass is 16.5. The number of benzene rings is 1. The van der Waals surface area contributed by atoms with Crippen molar-refractivity contribution < 1.29 is 9.32 Å². The van der Waals surface area contributed by atoms with Gasteiger partial charge in [-0.05, 0) is 25.5 Å². The third-order valence-electron chi connectivity index (χ3n) is 5.30. The summed E-state index contributed by atoms with van der Waals surface area (Å²) in [5.74, 6) is 2.09. The molecule has 0 N–H and O–H groups in total. The van der Waals surface area contributed by atoms with Crippen LogP contribution in [0.15, 0.2) is 53.1 Å². The Kier molecular flexibility index (Phi) is 4.62. The van der Waals surface area contributed by atoms with Crippen LogP contribution in [0, 0.1) is 6.92 Å². The molecule has 0 atom stereocenters. The van der Waals surface area contributed by atoms with Crippen LogP contribution in [0.5, 0.6) is 0 Å². The summed E-state index contributed by atoms with van der Waals surface area (Å²) < 4.78 is 7.14. The molecule has 9 nitrogen and oxygen atoms in total. The molecule has 1 aliphatic heterocycles. The van der Waals surface area contributed by atoms with Crippen molar-refractivity contribution in [3.05, 3.63) is 60.0 Å². The minimum absolute atomic E-state index is 0.110. The SMILES string of the molecule is Cc1nnc2ccc(N3CCCN(C(=O)c4cc(-c5ccccc5)on4)CC3)nn12. The molecule has 1 aromatic carbocycles. The van der Waals surface area contributed by atoms with Gasteiger partial charge in [0.25, 0.3) is 5.91 Å². The summed E-state index contributed by atoms with van der Waals surface area (Å²) >= 11 is 0. The monoisotopic (exact) mass is 403 g/mol. The Hall–Kier alpha value is -3.75. The summed E-state index contributed by atoms with van der Waals surface area (Å²) in [6.45, 7) is 4.64. The fourth-order valence-corrected chi connectivity index (χ4v) is 3.68. The van der Waals surface area contributed by atoms with Gasteiger partial charge in [-0.2, -0.15) is 4.52 Å². The Bertz CT molecular complexity index is 1180. The van der Waals surface area contributed by atoms with Crippen LogP contribution in [-0.2, 0) is 0 Å². The maximum atomic E-state index is 13.0. The van der Waals surface area contributed by atoms with Crippen LogP contribution in [0.2, 0.25) is 0 Å². The molecule has 0 aliphatic carbocycles. The van der Waals surface area contributed by atoms with Gasteiger partial charge in [-0.1, -0.05) is 35.5 Å². The molecule has 0 spiro atoms. The van der Waals surface area contributed by atoms with E-state index in [0.29, 0.717) is 31.1 Å². The first-order chi connectivity index (χ1) is 14.7. The number of aryl methyl sites for hydroxylation is 1. The number of amides is 1. The third kappa shape index (κ3) is 3.38. The van der Waals surface area contributed by atoms with E-state index in [2.05, 4.69) is 25.4 Å². The smallest absolute Gasteiger partial charge is 0.276 e. The molecular weight excluding hydrogens is 382 g/mol. The molecule has 5 rings (SSSR count). The van der Waals surface area contributed by atoms with Gasteiger partial charge in [0.1, 0.15) is 5.82 Å². The van der Waals surface area contributed by atoms with E-state index >= 15 is 0 Å². The molecule has 9 heteroatoms. The number of rotatable bonds is 3. The number of carbonyl (C=O) groups is 1. The molecule has 1 amide bonds. The van der Waals surface area contributed by atoms with Gasteiger partial charge in [-0.25, -0.2) is 0 Å². The molecule has 1 aliphatic rings. The molecular formula is C21H21N7O2. The minimum Gasteiger partial charge on any atom is -0.355 e.